The molecule has 5 heterocycles. The van der Waals surface area contributed by atoms with Crippen molar-refractivity contribution in [2.75, 3.05) is 89.5 Å². The molecule has 0 aliphatic carbocycles. The number of phenols is 1. The average Bonchev–Trinajstić information content (AvgIpc) is 4.37. The Kier molecular flexibility index (Phi) is 17.6. The van der Waals surface area contributed by atoms with Gasteiger partial charge in [-0.05, 0) is 63.7 Å². The Balaban J connectivity index is 0.874. The average molecular weight is 1120 g/mol. The van der Waals surface area contributed by atoms with E-state index in [1.165, 1.54) is 22.8 Å². The second-order valence-electron chi connectivity index (χ2n) is 20.4. The maximum atomic E-state index is 17.5. The number of rotatable bonds is 20. The number of carbonyl (C=O) groups excluding carboxylic acids is 4. The number of nitrogens with zero attached hydrogens (tertiary/aromatic N) is 9. The zero-order valence-electron chi connectivity index (χ0n) is 44.9. The zero-order valence-corrected chi connectivity index (χ0v) is 46.5. The fourth-order valence-electron chi connectivity index (χ4n) is 10.1. The lowest BCUT2D eigenvalue weighted by Gasteiger charge is -2.36. The number of benzene rings is 4. The summed E-state index contributed by atoms with van der Waals surface area (Å²) in [6.45, 7) is 9.66. The van der Waals surface area contributed by atoms with E-state index in [9.17, 15) is 29.4 Å². The van der Waals surface area contributed by atoms with Crippen molar-refractivity contribution in [1.29, 1.82) is 0 Å². The van der Waals surface area contributed by atoms with Crippen LogP contribution in [0.25, 0.3) is 43.2 Å². The number of halogens is 2. The number of anilines is 2. The van der Waals surface area contributed by atoms with E-state index in [0.29, 0.717) is 53.7 Å². The third-order valence-electron chi connectivity index (χ3n) is 14.4. The van der Waals surface area contributed by atoms with Crippen LogP contribution in [0.3, 0.4) is 0 Å². The molecule has 9 rings (SSSR count). The number of aromatic hydroxyl groups is 1. The van der Waals surface area contributed by atoms with E-state index < -0.39 is 23.9 Å². The first-order valence-corrected chi connectivity index (χ1v) is 27.5. The van der Waals surface area contributed by atoms with E-state index in [1.54, 1.807) is 53.4 Å². The van der Waals surface area contributed by atoms with Crippen molar-refractivity contribution in [3.63, 3.8) is 0 Å². The Bertz CT molecular complexity index is 3350. The molecule has 0 spiro atoms. The number of aliphatic hydroxyl groups excluding tert-OH is 1. The molecule has 2 aliphatic rings. The Morgan fingerprint density at radius 3 is 2.43 bits per heavy atom. The van der Waals surface area contributed by atoms with Crippen molar-refractivity contribution in [1.82, 2.24) is 40.1 Å². The van der Waals surface area contributed by atoms with Crippen LogP contribution in [0.2, 0.25) is 5.02 Å². The number of likely N-dealkylation sites (tertiary alicyclic amines) is 1. The molecule has 416 valence electrons. The van der Waals surface area contributed by atoms with Gasteiger partial charge in [0.05, 0.1) is 40.4 Å². The molecule has 0 unspecified atom stereocenters. The molecule has 79 heavy (non-hydrogen) atoms. The monoisotopic (exact) mass is 1120 g/mol. The SMILES string of the molecule is CC(=O)N1CCN(c2nc(N(CCOCCOc3cc([C@@H](C(=O)N4C[C@H](O)C[C@H]4C(=O)NCc4ccc(-c5scnc5C)cc4)C(C)C)on3)CCC(=O)N(C)C)nc3c(F)c(-c4cc(O)cc5ccccc45)c(Cl)cc23)CC1. The van der Waals surface area contributed by atoms with Crippen LogP contribution in [-0.2, 0) is 30.5 Å². The number of phenolic OH excluding ortho intramolecular Hbond substituents is 1. The molecule has 3 N–H and O–H groups in total. The van der Waals surface area contributed by atoms with Gasteiger partial charge in [0, 0.05) is 103 Å². The minimum absolute atomic E-state index is 0.0143. The van der Waals surface area contributed by atoms with E-state index in [0.717, 1.165) is 21.7 Å². The lowest BCUT2D eigenvalue weighted by molar-refractivity contribution is -0.141. The van der Waals surface area contributed by atoms with Crippen LogP contribution >= 0.6 is 22.9 Å². The number of aryl methyl sites for hydroxylation is 1. The van der Waals surface area contributed by atoms with E-state index in [-0.39, 0.29) is 128 Å². The fourth-order valence-corrected chi connectivity index (χ4v) is 11.3. The molecule has 22 heteroatoms. The lowest BCUT2D eigenvalue weighted by atomic mass is 9.91. The highest BCUT2D eigenvalue weighted by molar-refractivity contribution is 7.13. The van der Waals surface area contributed by atoms with Gasteiger partial charge < -0.3 is 54.0 Å². The number of aliphatic hydroxyl groups is 1. The van der Waals surface area contributed by atoms with E-state index in [2.05, 4.69) is 15.5 Å². The zero-order chi connectivity index (χ0) is 56.1. The molecular formula is C57H64ClFN10O9S. The Morgan fingerprint density at radius 2 is 1.72 bits per heavy atom. The number of ether oxygens (including phenoxy) is 2. The van der Waals surface area contributed by atoms with Crippen LogP contribution in [0.1, 0.15) is 56.5 Å². The van der Waals surface area contributed by atoms with Crippen molar-refractivity contribution in [2.45, 2.75) is 65.1 Å². The van der Waals surface area contributed by atoms with E-state index in [4.69, 9.17) is 35.6 Å². The second-order valence-corrected chi connectivity index (χ2v) is 21.6. The summed E-state index contributed by atoms with van der Waals surface area (Å²) in [5.41, 5.74) is 5.10. The van der Waals surface area contributed by atoms with Crippen LogP contribution in [0.5, 0.6) is 11.6 Å². The van der Waals surface area contributed by atoms with Crippen LogP contribution in [0, 0.1) is 18.7 Å². The predicted molar refractivity (Wildman–Crippen MR) is 300 cm³/mol. The van der Waals surface area contributed by atoms with E-state index in [1.807, 2.05) is 79.7 Å². The van der Waals surface area contributed by atoms with E-state index >= 15 is 4.39 Å². The van der Waals surface area contributed by atoms with Crippen LogP contribution in [0.4, 0.5) is 16.2 Å². The minimum atomic E-state index is -0.891. The Hall–Kier alpha value is -7.46. The molecule has 4 aromatic carbocycles. The molecule has 7 aromatic rings. The van der Waals surface area contributed by atoms with Crippen molar-refractivity contribution in [3.8, 4) is 33.2 Å². The number of nitrogens with one attached hydrogen (secondary N) is 1. The molecular weight excluding hydrogens is 1060 g/mol. The second kappa shape index (κ2) is 24.7. The van der Waals surface area contributed by atoms with Gasteiger partial charge in [0.2, 0.25) is 29.6 Å². The van der Waals surface area contributed by atoms with Crippen molar-refractivity contribution in [3.05, 3.63) is 106 Å². The summed E-state index contributed by atoms with van der Waals surface area (Å²) in [5, 5.41) is 30.3. The Morgan fingerprint density at radius 1 is 0.962 bits per heavy atom. The third-order valence-corrected chi connectivity index (χ3v) is 15.7. The molecule has 2 fully saturated rings. The molecule has 3 atom stereocenters. The number of thiazole rings is 1. The number of β-amino-alcohol motifs (C(OH)–C–C–N with tert-alkyl or cyclic N) is 1. The maximum Gasteiger partial charge on any atom is 0.254 e. The minimum Gasteiger partial charge on any atom is -0.508 e. The molecule has 0 radical (unpaired) electrons. The number of fused-ring (bicyclic) bond motifs is 2. The predicted octanol–water partition coefficient (Wildman–Crippen LogP) is 7.43. The molecule has 2 saturated heterocycles. The van der Waals surface area contributed by atoms with Gasteiger partial charge >= 0.3 is 0 Å². The smallest absolute Gasteiger partial charge is 0.254 e. The fraction of sp³-hybridized carbons (Fsp3) is 0.404. The first-order chi connectivity index (χ1) is 37.9. The standard InChI is InChI=1S/C57H64ClFN10O9S/c1-33(2)49(56(75)69-31-40(72)27-45(69)55(74)60-30-36-11-13-37(14-12-36)53-34(3)61-32-79-53)46-29-47(64-78-46)77-24-23-76-22-21-68(16-15-48(73)65(5)6)57-62-52-43(54(63-57)67-19-17-66(18-20-67)35(4)70)28-44(58)50(51(52)59)42-26-39(71)25-38-9-7-8-10-41(38)42/h7-14,25-26,28-29,32-33,40,45,49,71-72H,15-24,27,30-31H2,1-6H3,(H,60,74)/t40-,45+,49+/m1/s1. The quantitative estimate of drug-likeness (QED) is 0.0632. The summed E-state index contributed by atoms with van der Waals surface area (Å²) in [6, 6.07) is 20.5. The largest absolute Gasteiger partial charge is 0.508 e. The summed E-state index contributed by atoms with van der Waals surface area (Å²) >= 11 is 8.55. The molecule has 4 amide bonds. The molecule has 0 bridgehead atoms. The highest BCUT2D eigenvalue weighted by Crippen LogP contribution is 2.43. The maximum absolute atomic E-state index is 17.5. The summed E-state index contributed by atoms with van der Waals surface area (Å²) < 4.78 is 35.1. The number of aromatic nitrogens is 4. The van der Waals surface area contributed by atoms with Crippen LogP contribution in [0.15, 0.2) is 82.8 Å². The van der Waals surface area contributed by atoms with Crippen LogP contribution < -0.4 is 19.9 Å². The summed E-state index contributed by atoms with van der Waals surface area (Å²) in [4.78, 5) is 76.9. The molecule has 19 nitrogen and oxygen atoms in total. The van der Waals surface area contributed by atoms with Crippen LogP contribution in [-0.4, -0.2) is 161 Å². The first kappa shape index (κ1) is 56.3. The Labute approximate surface area is 465 Å². The van der Waals surface area contributed by atoms with Gasteiger partial charge in [0.25, 0.3) is 5.88 Å². The van der Waals surface area contributed by atoms with Crippen molar-refractivity contribution in [2.24, 2.45) is 5.92 Å². The number of piperazine rings is 1. The van der Waals surface area contributed by atoms with Gasteiger partial charge in [0.15, 0.2) is 11.6 Å². The topological polar surface area (TPSA) is 220 Å². The first-order valence-electron chi connectivity index (χ1n) is 26.3. The number of carbonyl (C=O) groups is 4. The molecule has 3 aromatic heterocycles. The van der Waals surface area contributed by atoms with Gasteiger partial charge in [-0.15, -0.1) is 11.3 Å². The van der Waals surface area contributed by atoms with Gasteiger partial charge in [-0.2, -0.15) is 4.98 Å². The van der Waals surface area contributed by atoms with Gasteiger partial charge in [-0.1, -0.05) is 74.0 Å². The summed E-state index contributed by atoms with van der Waals surface area (Å²) in [5.74, 6) is -1.94. The van der Waals surface area contributed by atoms with Gasteiger partial charge in [-0.3, -0.25) is 19.2 Å². The molecule has 2 aliphatic heterocycles. The number of hydrogen-bond acceptors (Lipinski definition) is 16. The third kappa shape index (κ3) is 12.7. The highest BCUT2D eigenvalue weighted by Gasteiger charge is 2.43. The lowest BCUT2D eigenvalue weighted by Crippen LogP contribution is -2.48. The summed E-state index contributed by atoms with van der Waals surface area (Å²) in [6.07, 6.45) is -0.713. The number of amides is 4. The highest BCUT2D eigenvalue weighted by atomic mass is 35.5. The van der Waals surface area contributed by atoms with Gasteiger partial charge in [0.1, 0.15) is 35.7 Å². The normalized spacial score (nSPS) is 16.0. The summed E-state index contributed by atoms with van der Waals surface area (Å²) in [7, 11) is 3.32. The van der Waals surface area contributed by atoms with Crippen molar-refractivity contribution >= 4 is 80.0 Å². The number of hydrogen-bond donors (Lipinski definition) is 3. The van der Waals surface area contributed by atoms with Crippen molar-refractivity contribution < 1.29 is 47.8 Å². The molecule has 0 saturated carbocycles. The van der Waals surface area contributed by atoms with Gasteiger partial charge in [-0.25, -0.2) is 14.4 Å².